The minimum atomic E-state index is -4.65. The molecule has 0 spiro atoms. The monoisotopic (exact) mass is 401 g/mol. The van der Waals surface area contributed by atoms with Gasteiger partial charge in [-0.25, -0.2) is 0 Å². The average molecular weight is 401 g/mol. The first-order chi connectivity index (χ1) is 12.1. The van der Waals surface area contributed by atoms with Gasteiger partial charge in [0.05, 0.1) is 10.8 Å². The quantitative estimate of drug-likeness (QED) is 0.315. The van der Waals surface area contributed by atoms with E-state index >= 15 is 0 Å². The van der Waals surface area contributed by atoms with Gasteiger partial charge in [-0.2, -0.15) is 8.42 Å². The number of hydrogen-bond acceptors (Lipinski definition) is 6. The van der Waals surface area contributed by atoms with Crippen molar-refractivity contribution in [2.75, 3.05) is 5.75 Å². The summed E-state index contributed by atoms with van der Waals surface area (Å²) < 4.78 is 44.8. The van der Waals surface area contributed by atoms with Gasteiger partial charge in [-0.05, 0) is 30.9 Å². The van der Waals surface area contributed by atoms with Gasteiger partial charge in [-0.3, -0.25) is 23.3 Å². The Morgan fingerprint density at radius 3 is 2.73 bits per heavy atom. The van der Waals surface area contributed by atoms with E-state index in [0.29, 0.717) is 18.4 Å². The van der Waals surface area contributed by atoms with Crippen LogP contribution in [0, 0.1) is 0 Å². The van der Waals surface area contributed by atoms with Crippen LogP contribution in [0.4, 0.5) is 0 Å². The minimum absolute atomic E-state index is 0.113. The van der Waals surface area contributed by atoms with E-state index in [1.807, 2.05) is 18.2 Å². The van der Waals surface area contributed by atoms with E-state index in [9.17, 15) is 26.8 Å². The van der Waals surface area contributed by atoms with E-state index in [-0.39, 0.29) is 11.3 Å². The summed E-state index contributed by atoms with van der Waals surface area (Å²) in [7, 11) is -6.26. The molecule has 1 aliphatic carbocycles. The second kappa shape index (κ2) is 6.72. The van der Waals surface area contributed by atoms with Crippen molar-refractivity contribution >= 4 is 32.7 Å². The molecule has 3 aliphatic rings. The second-order valence-corrected chi connectivity index (χ2v) is 9.21. The summed E-state index contributed by atoms with van der Waals surface area (Å²) in [6, 6.07) is -2.09. The molecule has 2 amide bonds. The molecule has 4 atom stereocenters. The first-order valence-corrected chi connectivity index (χ1v) is 10.7. The lowest BCUT2D eigenvalue weighted by molar-refractivity contribution is -0.145. The molecule has 9 nitrogen and oxygen atoms in total. The smallest absolute Gasteiger partial charge is 0.310 e. The zero-order chi connectivity index (χ0) is 19.2. The molecule has 1 unspecified atom stereocenters. The number of nitrogens with two attached hydrogens (primary N) is 1. The predicted octanol–water partition coefficient (Wildman–Crippen LogP) is -0.875. The molecular formula is C15H19N3O6S2. The highest BCUT2D eigenvalue weighted by molar-refractivity contribution is 7.90. The van der Waals surface area contributed by atoms with E-state index in [1.165, 1.54) is 6.92 Å². The Kier molecular flexibility index (Phi) is 4.90. The van der Waals surface area contributed by atoms with Gasteiger partial charge in [0.15, 0.2) is 5.03 Å². The third-order valence-electron chi connectivity index (χ3n) is 4.52. The molecule has 11 heteroatoms. The van der Waals surface area contributed by atoms with Crippen molar-refractivity contribution in [3.05, 3.63) is 34.4 Å². The van der Waals surface area contributed by atoms with Crippen LogP contribution < -0.4 is 11.1 Å². The van der Waals surface area contributed by atoms with Crippen molar-refractivity contribution in [1.29, 1.82) is 0 Å². The average Bonchev–Trinajstić information content (AvgIpc) is 2.58. The van der Waals surface area contributed by atoms with Gasteiger partial charge in [0.2, 0.25) is 5.91 Å². The largest absolute Gasteiger partial charge is 0.340 e. The Balaban J connectivity index is 1.78. The number of fused-ring (bicyclic) bond motifs is 1. The number of rotatable bonds is 4. The van der Waals surface area contributed by atoms with Gasteiger partial charge in [-0.1, -0.05) is 18.2 Å². The SMILES string of the molecule is CC1=C(S(=O)(=O)O)N2C(=O)[C@@H](NC(=O)[C@H](N)C3=CCC=CC3)[C@H]2S(=O)C1. The minimum Gasteiger partial charge on any atom is -0.340 e. The zero-order valence-electron chi connectivity index (χ0n) is 13.9. The first-order valence-electron chi connectivity index (χ1n) is 7.90. The molecule has 1 saturated heterocycles. The number of hydrogen-bond donors (Lipinski definition) is 3. The Morgan fingerprint density at radius 1 is 1.46 bits per heavy atom. The first kappa shape index (κ1) is 19.0. The van der Waals surface area contributed by atoms with Gasteiger partial charge in [0.25, 0.3) is 5.91 Å². The molecule has 0 radical (unpaired) electrons. The van der Waals surface area contributed by atoms with Crippen molar-refractivity contribution in [2.24, 2.45) is 5.73 Å². The van der Waals surface area contributed by atoms with E-state index in [2.05, 4.69) is 5.32 Å². The lowest BCUT2D eigenvalue weighted by Gasteiger charge is -2.49. The summed E-state index contributed by atoms with van der Waals surface area (Å²) in [5.74, 6) is -1.45. The summed E-state index contributed by atoms with van der Waals surface area (Å²) in [4.78, 5) is 25.5. The highest BCUT2D eigenvalue weighted by Gasteiger charge is 2.57. The molecule has 0 aromatic heterocycles. The van der Waals surface area contributed by atoms with Crippen molar-refractivity contribution in [3.8, 4) is 0 Å². The van der Waals surface area contributed by atoms with Crippen LogP contribution in [0.2, 0.25) is 0 Å². The van der Waals surface area contributed by atoms with Gasteiger partial charge < -0.3 is 11.1 Å². The third kappa shape index (κ3) is 3.15. The Hall–Kier alpha value is -1.82. The van der Waals surface area contributed by atoms with E-state index in [4.69, 9.17) is 5.73 Å². The van der Waals surface area contributed by atoms with Crippen molar-refractivity contribution in [1.82, 2.24) is 10.2 Å². The number of amides is 2. The molecule has 2 aliphatic heterocycles. The highest BCUT2D eigenvalue weighted by Crippen LogP contribution is 2.36. The van der Waals surface area contributed by atoms with Gasteiger partial charge in [0, 0.05) is 5.75 Å². The lowest BCUT2D eigenvalue weighted by atomic mass is 9.97. The number of β-lactam (4-membered cyclic amide) rings is 1. The number of carbonyl (C=O) groups is 2. The van der Waals surface area contributed by atoms with Crippen LogP contribution in [0.15, 0.2) is 34.4 Å². The molecule has 4 N–H and O–H groups in total. The number of nitrogens with zero attached hydrogens (tertiary/aromatic N) is 1. The highest BCUT2D eigenvalue weighted by atomic mass is 32.2. The predicted molar refractivity (Wildman–Crippen MR) is 94.3 cm³/mol. The van der Waals surface area contributed by atoms with Crippen LogP contribution in [0.3, 0.4) is 0 Å². The Labute approximate surface area is 153 Å². The van der Waals surface area contributed by atoms with Gasteiger partial charge >= 0.3 is 10.1 Å². The number of nitrogens with one attached hydrogen (secondary N) is 1. The summed E-state index contributed by atoms with van der Waals surface area (Å²) >= 11 is 0. The molecular weight excluding hydrogens is 382 g/mol. The standard InChI is InChI=1S/C15H19N3O6S2/c1-8-7-25(21)14-11(13(20)18(14)15(8)26(22,23)24)17-12(19)10(16)9-5-3-2-4-6-9/h2-3,6,10-11,14H,4-5,7,16H2,1H3,(H,17,19)(H,22,23,24)/t10-,11-,14-,25?/m1/s1. The second-order valence-electron chi connectivity index (χ2n) is 6.34. The lowest BCUT2D eigenvalue weighted by Crippen LogP contribution is -2.74. The third-order valence-corrected chi connectivity index (χ3v) is 7.29. The molecule has 0 aromatic carbocycles. The number of allylic oxidation sites excluding steroid dienone is 3. The Bertz CT molecular complexity index is 889. The Morgan fingerprint density at radius 2 is 2.15 bits per heavy atom. The van der Waals surface area contributed by atoms with Gasteiger partial charge in [-0.15, -0.1) is 0 Å². The molecule has 0 aromatic rings. The fourth-order valence-electron chi connectivity index (χ4n) is 3.28. The van der Waals surface area contributed by atoms with E-state index in [0.717, 1.165) is 4.90 Å². The summed E-state index contributed by atoms with van der Waals surface area (Å²) in [5.41, 5.74) is 6.78. The molecule has 0 bridgehead atoms. The van der Waals surface area contributed by atoms with Crippen LogP contribution in [0.5, 0.6) is 0 Å². The summed E-state index contributed by atoms with van der Waals surface area (Å²) in [6.45, 7) is 1.38. The topological polar surface area (TPSA) is 147 Å². The summed E-state index contributed by atoms with van der Waals surface area (Å²) in [5, 5.41) is 0.872. The van der Waals surface area contributed by atoms with Crippen LogP contribution in [0.25, 0.3) is 0 Å². The molecule has 3 rings (SSSR count). The molecule has 2 heterocycles. The maximum absolute atomic E-state index is 12.4. The van der Waals surface area contributed by atoms with Crippen LogP contribution in [0.1, 0.15) is 19.8 Å². The molecule has 1 fully saturated rings. The van der Waals surface area contributed by atoms with E-state index in [1.54, 1.807) is 0 Å². The maximum Gasteiger partial charge on any atom is 0.310 e. The molecule has 26 heavy (non-hydrogen) atoms. The molecule has 0 saturated carbocycles. The molecule has 142 valence electrons. The van der Waals surface area contributed by atoms with Crippen molar-refractivity contribution in [3.63, 3.8) is 0 Å². The fourth-order valence-corrected chi connectivity index (χ4v) is 6.07. The maximum atomic E-state index is 12.4. The van der Waals surface area contributed by atoms with Crippen molar-refractivity contribution in [2.45, 2.75) is 37.2 Å². The van der Waals surface area contributed by atoms with Gasteiger partial charge in [0.1, 0.15) is 17.5 Å². The van der Waals surface area contributed by atoms with Crippen LogP contribution in [-0.2, 0) is 30.5 Å². The zero-order valence-corrected chi connectivity index (χ0v) is 15.5. The van der Waals surface area contributed by atoms with Crippen LogP contribution in [-0.4, -0.2) is 57.1 Å². The van der Waals surface area contributed by atoms with Crippen molar-refractivity contribution < 1.29 is 26.8 Å². The summed E-state index contributed by atoms with van der Waals surface area (Å²) in [6.07, 6.45) is 6.86. The normalized spacial score (nSPS) is 29.7. The number of carbonyl (C=O) groups excluding carboxylic acids is 2. The van der Waals surface area contributed by atoms with Crippen LogP contribution >= 0.6 is 0 Å². The fraction of sp³-hybridized carbons (Fsp3) is 0.467. The van der Waals surface area contributed by atoms with E-state index < -0.39 is 55.2 Å².